The molecule has 0 bridgehead atoms. The first-order valence-electron chi connectivity index (χ1n) is 5.68. The monoisotopic (exact) mass is 254 g/mol. The zero-order valence-electron chi connectivity index (χ0n) is 9.93. The van der Waals surface area contributed by atoms with Crippen molar-refractivity contribution in [2.45, 2.75) is 19.8 Å². The number of aromatic nitrogens is 1. The second-order valence-corrected chi connectivity index (χ2v) is 4.20. The van der Waals surface area contributed by atoms with Crippen molar-refractivity contribution in [1.29, 1.82) is 0 Å². The highest BCUT2D eigenvalue weighted by molar-refractivity contribution is 5.83. The number of rotatable bonds is 3. The molecule has 2 rings (SSSR count). The molecule has 0 fully saturated rings. The maximum absolute atomic E-state index is 13.6. The molecule has 0 saturated carbocycles. The molecule has 0 amide bonds. The summed E-state index contributed by atoms with van der Waals surface area (Å²) in [6.45, 7) is 2.17. The standard InChI is InChI=1S/C13H13F3N2/c1-7-5-8(3-2-4-17)9-6-10(14)11(15)12(16)13(9)18-7/h5-6H,2-4,17H2,1H3. The van der Waals surface area contributed by atoms with E-state index in [-0.39, 0.29) is 5.52 Å². The van der Waals surface area contributed by atoms with Crippen molar-refractivity contribution in [2.75, 3.05) is 6.54 Å². The molecule has 18 heavy (non-hydrogen) atoms. The lowest BCUT2D eigenvalue weighted by Crippen LogP contribution is -2.03. The van der Waals surface area contributed by atoms with E-state index in [1.165, 1.54) is 0 Å². The lowest BCUT2D eigenvalue weighted by Gasteiger charge is -2.09. The molecule has 0 unspecified atom stereocenters. The molecule has 0 spiro atoms. The van der Waals surface area contributed by atoms with Crippen LogP contribution in [0.5, 0.6) is 0 Å². The molecule has 2 N–H and O–H groups in total. The Balaban J connectivity index is 2.71. The molecule has 0 radical (unpaired) electrons. The van der Waals surface area contributed by atoms with E-state index in [9.17, 15) is 13.2 Å². The summed E-state index contributed by atoms with van der Waals surface area (Å²) >= 11 is 0. The highest BCUT2D eigenvalue weighted by atomic mass is 19.2. The lowest BCUT2D eigenvalue weighted by molar-refractivity contribution is 0.452. The molecule has 1 aromatic carbocycles. The summed E-state index contributed by atoms with van der Waals surface area (Å²) < 4.78 is 40.0. The first-order valence-corrected chi connectivity index (χ1v) is 5.68. The van der Waals surface area contributed by atoms with Crippen LogP contribution in [0.2, 0.25) is 0 Å². The maximum atomic E-state index is 13.6. The summed E-state index contributed by atoms with van der Waals surface area (Å²) in [5.74, 6) is -3.91. The molecule has 1 aromatic heterocycles. The van der Waals surface area contributed by atoms with Crippen molar-refractivity contribution < 1.29 is 13.2 Å². The maximum Gasteiger partial charge on any atom is 0.196 e. The van der Waals surface area contributed by atoms with Crippen molar-refractivity contribution >= 4 is 10.9 Å². The Labute approximate surface area is 103 Å². The van der Waals surface area contributed by atoms with E-state index in [0.717, 1.165) is 11.6 Å². The number of pyridine rings is 1. The summed E-state index contributed by atoms with van der Waals surface area (Å²) in [5.41, 5.74) is 6.60. The first kappa shape index (κ1) is 12.8. The van der Waals surface area contributed by atoms with E-state index in [0.29, 0.717) is 30.5 Å². The largest absolute Gasteiger partial charge is 0.330 e. The Bertz CT molecular complexity index is 597. The van der Waals surface area contributed by atoms with Gasteiger partial charge in [0.25, 0.3) is 0 Å². The van der Waals surface area contributed by atoms with Crippen LogP contribution < -0.4 is 5.73 Å². The molecular formula is C13H13F3N2. The average Bonchev–Trinajstić information content (AvgIpc) is 2.34. The number of benzene rings is 1. The molecule has 0 aliphatic carbocycles. The normalized spacial score (nSPS) is 11.2. The number of hydrogen-bond acceptors (Lipinski definition) is 2. The van der Waals surface area contributed by atoms with Gasteiger partial charge in [0.1, 0.15) is 5.52 Å². The van der Waals surface area contributed by atoms with Gasteiger partial charge in [-0.1, -0.05) is 0 Å². The summed E-state index contributed by atoms with van der Waals surface area (Å²) in [5, 5.41) is 0.311. The minimum absolute atomic E-state index is 0.124. The van der Waals surface area contributed by atoms with Crippen molar-refractivity contribution in [3.8, 4) is 0 Å². The SMILES string of the molecule is Cc1cc(CCCN)c2cc(F)c(F)c(F)c2n1. The molecule has 5 heteroatoms. The van der Waals surface area contributed by atoms with E-state index in [1.807, 2.05) is 0 Å². The topological polar surface area (TPSA) is 38.9 Å². The van der Waals surface area contributed by atoms with Gasteiger partial charge in [0.2, 0.25) is 0 Å². The molecule has 2 nitrogen and oxygen atoms in total. The van der Waals surface area contributed by atoms with Crippen LogP contribution in [0.3, 0.4) is 0 Å². The highest BCUT2D eigenvalue weighted by Crippen LogP contribution is 2.25. The van der Waals surface area contributed by atoms with Gasteiger partial charge in [0.15, 0.2) is 17.5 Å². The number of halogens is 3. The minimum atomic E-state index is -1.48. The molecule has 0 atom stereocenters. The zero-order valence-corrected chi connectivity index (χ0v) is 9.93. The van der Waals surface area contributed by atoms with Crippen molar-refractivity contribution in [2.24, 2.45) is 5.73 Å². The lowest BCUT2D eigenvalue weighted by atomic mass is 10.0. The third-order valence-electron chi connectivity index (χ3n) is 2.80. The Morgan fingerprint density at radius 1 is 1.17 bits per heavy atom. The van der Waals surface area contributed by atoms with Gasteiger partial charge in [0, 0.05) is 11.1 Å². The van der Waals surface area contributed by atoms with Crippen LogP contribution in [0, 0.1) is 24.4 Å². The molecule has 1 heterocycles. The quantitative estimate of drug-likeness (QED) is 0.855. The smallest absolute Gasteiger partial charge is 0.196 e. The summed E-state index contributed by atoms with van der Waals surface area (Å²) in [4.78, 5) is 3.93. The molecule has 0 aliphatic rings. The van der Waals surface area contributed by atoms with E-state index < -0.39 is 17.5 Å². The van der Waals surface area contributed by atoms with Crippen LogP contribution in [-0.2, 0) is 6.42 Å². The van der Waals surface area contributed by atoms with Gasteiger partial charge in [-0.25, -0.2) is 18.2 Å². The Morgan fingerprint density at radius 2 is 1.89 bits per heavy atom. The van der Waals surface area contributed by atoms with Crippen molar-refractivity contribution in [3.05, 3.63) is 40.8 Å². The van der Waals surface area contributed by atoms with Gasteiger partial charge < -0.3 is 5.73 Å². The fourth-order valence-corrected chi connectivity index (χ4v) is 1.98. The fourth-order valence-electron chi connectivity index (χ4n) is 1.98. The van der Waals surface area contributed by atoms with Crippen molar-refractivity contribution in [3.63, 3.8) is 0 Å². The fraction of sp³-hybridized carbons (Fsp3) is 0.308. The number of aryl methyl sites for hydroxylation is 2. The van der Waals surface area contributed by atoms with Crippen LogP contribution in [0.15, 0.2) is 12.1 Å². The van der Waals surface area contributed by atoms with E-state index >= 15 is 0 Å². The minimum Gasteiger partial charge on any atom is -0.330 e. The average molecular weight is 254 g/mol. The van der Waals surface area contributed by atoms with Crippen LogP contribution in [0.4, 0.5) is 13.2 Å². The van der Waals surface area contributed by atoms with E-state index in [1.54, 1.807) is 13.0 Å². The van der Waals surface area contributed by atoms with Gasteiger partial charge in [0.05, 0.1) is 0 Å². The molecule has 0 aliphatic heterocycles. The number of nitrogens with zero attached hydrogens (tertiary/aromatic N) is 1. The Kier molecular flexibility index (Phi) is 3.52. The summed E-state index contributed by atoms with van der Waals surface area (Å²) in [6.07, 6.45) is 1.28. The van der Waals surface area contributed by atoms with Crippen molar-refractivity contribution in [1.82, 2.24) is 4.98 Å². The summed E-state index contributed by atoms with van der Waals surface area (Å²) in [6, 6.07) is 2.74. The second kappa shape index (κ2) is 4.94. The second-order valence-electron chi connectivity index (χ2n) is 4.20. The van der Waals surface area contributed by atoms with Crippen LogP contribution in [-0.4, -0.2) is 11.5 Å². The van der Waals surface area contributed by atoms with Gasteiger partial charge in [-0.05, 0) is 44.0 Å². The van der Waals surface area contributed by atoms with E-state index in [4.69, 9.17) is 5.73 Å². The highest BCUT2D eigenvalue weighted by Gasteiger charge is 2.17. The molecular weight excluding hydrogens is 241 g/mol. The van der Waals surface area contributed by atoms with Crippen LogP contribution >= 0.6 is 0 Å². The number of nitrogens with two attached hydrogens (primary N) is 1. The Morgan fingerprint density at radius 3 is 2.56 bits per heavy atom. The zero-order chi connectivity index (χ0) is 13.3. The molecule has 96 valence electrons. The predicted octanol–water partition coefficient (Wildman–Crippen LogP) is 2.85. The predicted molar refractivity (Wildman–Crippen MR) is 63.7 cm³/mol. The number of hydrogen-bond donors (Lipinski definition) is 1. The first-order chi connectivity index (χ1) is 8.54. The van der Waals surface area contributed by atoms with Gasteiger partial charge in [-0.2, -0.15) is 0 Å². The molecule has 0 saturated heterocycles. The summed E-state index contributed by atoms with van der Waals surface area (Å²) in [7, 11) is 0. The van der Waals surface area contributed by atoms with Crippen LogP contribution in [0.25, 0.3) is 10.9 Å². The number of fused-ring (bicyclic) bond motifs is 1. The van der Waals surface area contributed by atoms with Gasteiger partial charge >= 0.3 is 0 Å². The molecule has 2 aromatic rings. The third-order valence-corrected chi connectivity index (χ3v) is 2.80. The third kappa shape index (κ3) is 2.18. The van der Waals surface area contributed by atoms with Crippen LogP contribution in [0.1, 0.15) is 17.7 Å². The van der Waals surface area contributed by atoms with E-state index in [2.05, 4.69) is 4.98 Å². The Hall–Kier alpha value is -1.62. The van der Waals surface area contributed by atoms with Gasteiger partial charge in [-0.3, -0.25) is 0 Å². The van der Waals surface area contributed by atoms with Gasteiger partial charge in [-0.15, -0.1) is 0 Å².